The second-order valence-corrected chi connectivity index (χ2v) is 5.72. The van der Waals surface area contributed by atoms with E-state index in [4.69, 9.17) is 0 Å². The van der Waals surface area contributed by atoms with Gasteiger partial charge in [0.1, 0.15) is 0 Å². The van der Waals surface area contributed by atoms with Crippen LogP contribution in [0.5, 0.6) is 0 Å². The van der Waals surface area contributed by atoms with Gasteiger partial charge in [-0.15, -0.1) is 0 Å². The van der Waals surface area contributed by atoms with Crippen LogP contribution < -0.4 is 10.6 Å². The average molecular weight is 240 g/mol. The zero-order valence-corrected chi connectivity index (χ0v) is 10.7. The van der Waals surface area contributed by atoms with Crippen molar-refractivity contribution in [2.45, 2.75) is 45.1 Å². The Morgan fingerprint density at radius 3 is 2.71 bits per heavy atom. The predicted molar refractivity (Wildman–Crippen MR) is 66.6 cm³/mol. The second-order valence-electron chi connectivity index (χ2n) is 5.72. The number of hydrogen-bond acceptors (Lipinski definition) is 3. The summed E-state index contributed by atoms with van der Waals surface area (Å²) in [6.45, 7) is 3.84. The molecule has 0 aromatic heterocycles. The monoisotopic (exact) mass is 240 g/mol. The standard InChI is InChI=1S/C13H24N2O2/c1-10-11(4-7-14-10)12(17)15-8-13(9-16)5-2-3-6-13/h10-11,14,16H,2-9H2,1H3,(H,15,17). The molecule has 0 aromatic carbocycles. The SMILES string of the molecule is CC1NCCC1C(=O)NCC1(CO)CCCC1. The fraction of sp³-hybridized carbons (Fsp3) is 0.923. The number of aliphatic hydroxyl groups excluding tert-OH is 1. The Morgan fingerprint density at radius 1 is 1.47 bits per heavy atom. The van der Waals surface area contributed by atoms with Gasteiger partial charge in [-0.05, 0) is 32.7 Å². The van der Waals surface area contributed by atoms with Crippen LogP contribution in [-0.4, -0.2) is 36.8 Å². The molecule has 0 spiro atoms. The first-order valence-electron chi connectivity index (χ1n) is 6.79. The minimum absolute atomic E-state index is 0.0368. The molecule has 2 atom stereocenters. The van der Waals surface area contributed by atoms with E-state index in [1.165, 1.54) is 12.8 Å². The third-order valence-electron chi connectivity index (χ3n) is 4.50. The van der Waals surface area contributed by atoms with Crippen molar-refractivity contribution in [3.63, 3.8) is 0 Å². The minimum Gasteiger partial charge on any atom is -0.396 e. The van der Waals surface area contributed by atoms with E-state index in [0.717, 1.165) is 25.8 Å². The Labute approximate surface area is 103 Å². The highest BCUT2D eigenvalue weighted by atomic mass is 16.3. The van der Waals surface area contributed by atoms with Crippen molar-refractivity contribution in [1.82, 2.24) is 10.6 Å². The van der Waals surface area contributed by atoms with E-state index in [1.54, 1.807) is 0 Å². The van der Waals surface area contributed by atoms with Crippen LogP contribution in [0.3, 0.4) is 0 Å². The number of nitrogens with one attached hydrogen (secondary N) is 2. The van der Waals surface area contributed by atoms with Crippen LogP contribution in [0.4, 0.5) is 0 Å². The highest BCUT2D eigenvalue weighted by Gasteiger charge is 2.35. The fourth-order valence-electron chi connectivity index (χ4n) is 3.14. The third-order valence-corrected chi connectivity index (χ3v) is 4.50. The number of aliphatic hydroxyl groups is 1. The Bertz CT molecular complexity index is 275. The van der Waals surface area contributed by atoms with Gasteiger partial charge in [-0.1, -0.05) is 12.8 Å². The van der Waals surface area contributed by atoms with E-state index in [-0.39, 0.29) is 29.9 Å². The van der Waals surface area contributed by atoms with Crippen LogP contribution in [0.15, 0.2) is 0 Å². The van der Waals surface area contributed by atoms with E-state index < -0.39 is 0 Å². The van der Waals surface area contributed by atoms with Crippen molar-refractivity contribution in [2.24, 2.45) is 11.3 Å². The van der Waals surface area contributed by atoms with Gasteiger partial charge >= 0.3 is 0 Å². The van der Waals surface area contributed by atoms with Gasteiger partial charge in [-0.25, -0.2) is 0 Å². The van der Waals surface area contributed by atoms with Gasteiger partial charge in [0, 0.05) is 18.0 Å². The van der Waals surface area contributed by atoms with Crippen molar-refractivity contribution < 1.29 is 9.90 Å². The number of amides is 1. The molecule has 0 aromatic rings. The molecule has 2 aliphatic rings. The molecular formula is C13H24N2O2. The Morgan fingerprint density at radius 2 is 2.18 bits per heavy atom. The summed E-state index contributed by atoms with van der Waals surface area (Å²) in [6.07, 6.45) is 5.37. The summed E-state index contributed by atoms with van der Waals surface area (Å²) >= 11 is 0. The zero-order chi connectivity index (χ0) is 12.3. The maximum atomic E-state index is 12.0. The van der Waals surface area contributed by atoms with Crippen LogP contribution in [0.2, 0.25) is 0 Å². The van der Waals surface area contributed by atoms with Gasteiger partial charge in [0.15, 0.2) is 0 Å². The lowest BCUT2D eigenvalue weighted by Crippen LogP contribution is -2.43. The summed E-state index contributed by atoms with van der Waals surface area (Å²) in [6, 6.07) is 0.281. The molecule has 2 fully saturated rings. The van der Waals surface area contributed by atoms with E-state index in [0.29, 0.717) is 6.54 Å². The van der Waals surface area contributed by atoms with Crippen LogP contribution in [0, 0.1) is 11.3 Å². The molecule has 4 nitrogen and oxygen atoms in total. The average Bonchev–Trinajstić information content (AvgIpc) is 2.95. The summed E-state index contributed by atoms with van der Waals surface area (Å²) in [5.74, 6) is 0.259. The van der Waals surface area contributed by atoms with Gasteiger partial charge in [0.05, 0.1) is 12.5 Å². The van der Waals surface area contributed by atoms with Gasteiger partial charge in [0.25, 0.3) is 0 Å². The van der Waals surface area contributed by atoms with Crippen molar-refractivity contribution >= 4 is 5.91 Å². The molecular weight excluding hydrogens is 216 g/mol. The molecule has 1 aliphatic heterocycles. The number of rotatable bonds is 4. The Kier molecular flexibility index (Phi) is 4.05. The topological polar surface area (TPSA) is 61.4 Å². The summed E-state index contributed by atoms with van der Waals surface area (Å²) in [5, 5.41) is 15.8. The molecule has 98 valence electrons. The van der Waals surface area contributed by atoms with Crippen molar-refractivity contribution in [3.8, 4) is 0 Å². The van der Waals surface area contributed by atoms with Crippen molar-refractivity contribution in [2.75, 3.05) is 19.7 Å². The summed E-state index contributed by atoms with van der Waals surface area (Å²) in [4.78, 5) is 12.0. The quantitative estimate of drug-likeness (QED) is 0.676. The first-order chi connectivity index (χ1) is 8.17. The van der Waals surface area contributed by atoms with Gasteiger partial charge in [-0.2, -0.15) is 0 Å². The van der Waals surface area contributed by atoms with E-state index in [1.807, 2.05) is 0 Å². The number of hydrogen-bond donors (Lipinski definition) is 3. The van der Waals surface area contributed by atoms with E-state index in [9.17, 15) is 9.90 Å². The van der Waals surface area contributed by atoms with Crippen LogP contribution in [0.25, 0.3) is 0 Å². The highest BCUT2D eigenvalue weighted by Crippen LogP contribution is 2.37. The molecule has 1 heterocycles. The molecule has 0 bridgehead atoms. The highest BCUT2D eigenvalue weighted by molar-refractivity contribution is 5.79. The molecule has 1 saturated heterocycles. The molecule has 3 N–H and O–H groups in total. The molecule has 2 unspecified atom stereocenters. The summed E-state index contributed by atoms with van der Waals surface area (Å²) < 4.78 is 0. The van der Waals surface area contributed by atoms with E-state index >= 15 is 0 Å². The maximum Gasteiger partial charge on any atom is 0.224 e. The molecule has 0 radical (unpaired) electrons. The normalized spacial score (nSPS) is 31.6. The Balaban J connectivity index is 1.82. The summed E-state index contributed by atoms with van der Waals surface area (Å²) in [5.41, 5.74) is -0.0368. The van der Waals surface area contributed by atoms with Gasteiger partial charge in [-0.3, -0.25) is 4.79 Å². The van der Waals surface area contributed by atoms with Gasteiger partial charge in [0.2, 0.25) is 5.91 Å². The largest absolute Gasteiger partial charge is 0.396 e. The molecule has 1 aliphatic carbocycles. The summed E-state index contributed by atoms with van der Waals surface area (Å²) in [7, 11) is 0. The minimum atomic E-state index is -0.0368. The van der Waals surface area contributed by atoms with Crippen molar-refractivity contribution in [1.29, 1.82) is 0 Å². The van der Waals surface area contributed by atoms with Crippen LogP contribution in [0.1, 0.15) is 39.0 Å². The third kappa shape index (κ3) is 2.80. The van der Waals surface area contributed by atoms with Crippen LogP contribution >= 0.6 is 0 Å². The zero-order valence-electron chi connectivity index (χ0n) is 10.7. The fourth-order valence-corrected chi connectivity index (χ4v) is 3.14. The lowest BCUT2D eigenvalue weighted by molar-refractivity contribution is -0.125. The second kappa shape index (κ2) is 5.36. The first-order valence-corrected chi connectivity index (χ1v) is 6.79. The number of carbonyl (C=O) groups is 1. The van der Waals surface area contributed by atoms with E-state index in [2.05, 4.69) is 17.6 Å². The van der Waals surface area contributed by atoms with Crippen LogP contribution in [-0.2, 0) is 4.79 Å². The Hall–Kier alpha value is -0.610. The smallest absolute Gasteiger partial charge is 0.224 e. The maximum absolute atomic E-state index is 12.0. The lowest BCUT2D eigenvalue weighted by atomic mass is 9.87. The van der Waals surface area contributed by atoms with Gasteiger partial charge < -0.3 is 15.7 Å². The molecule has 2 rings (SSSR count). The van der Waals surface area contributed by atoms with Crippen molar-refractivity contribution in [3.05, 3.63) is 0 Å². The molecule has 17 heavy (non-hydrogen) atoms. The molecule has 4 heteroatoms. The first kappa shape index (κ1) is 12.8. The molecule has 1 saturated carbocycles. The number of carbonyl (C=O) groups excluding carboxylic acids is 1. The predicted octanol–water partition coefficient (Wildman–Crippen LogP) is 0.653. The lowest BCUT2D eigenvalue weighted by Gasteiger charge is -2.27. The molecule has 1 amide bonds.